The normalized spacial score (nSPS) is 10.5. The smallest absolute Gasteiger partial charge is 0.129 e. The summed E-state index contributed by atoms with van der Waals surface area (Å²) in [5, 5.41) is 3.34. The van der Waals surface area contributed by atoms with Crippen LogP contribution in [0.4, 0.5) is 0 Å². The van der Waals surface area contributed by atoms with Crippen LogP contribution in [0.25, 0.3) is 0 Å². The van der Waals surface area contributed by atoms with Crippen molar-refractivity contribution in [1.29, 1.82) is 0 Å². The highest BCUT2D eigenvalue weighted by molar-refractivity contribution is 5.21. The number of unbranched alkanes of at least 4 members (excludes halogenated alkanes) is 3. The Kier molecular flexibility index (Phi) is 10.0. The lowest BCUT2D eigenvalue weighted by molar-refractivity contribution is 0.120. The van der Waals surface area contributed by atoms with Crippen molar-refractivity contribution >= 4 is 6.72 Å². The van der Waals surface area contributed by atoms with Gasteiger partial charge in [0, 0.05) is 13.3 Å². The predicted molar refractivity (Wildman–Crippen MR) is 60.5 cm³/mol. The van der Waals surface area contributed by atoms with Crippen LogP contribution in [0.5, 0.6) is 0 Å². The Morgan fingerprint density at radius 1 is 1.21 bits per heavy atom. The lowest BCUT2D eigenvalue weighted by Gasteiger charge is -2.15. The van der Waals surface area contributed by atoms with E-state index in [-0.39, 0.29) is 0 Å². The van der Waals surface area contributed by atoms with Gasteiger partial charge in [-0.2, -0.15) is 0 Å². The molecule has 0 fully saturated rings. The van der Waals surface area contributed by atoms with E-state index in [0.29, 0.717) is 6.61 Å². The molecule has 0 heterocycles. The second-order valence-corrected chi connectivity index (χ2v) is 3.47. The maximum Gasteiger partial charge on any atom is 0.129 e. The van der Waals surface area contributed by atoms with Gasteiger partial charge in [-0.15, -0.1) is 5.16 Å². The van der Waals surface area contributed by atoms with Crippen LogP contribution < -0.4 is 5.73 Å². The van der Waals surface area contributed by atoms with Crippen molar-refractivity contribution in [3.05, 3.63) is 0 Å². The van der Waals surface area contributed by atoms with Gasteiger partial charge in [0.25, 0.3) is 0 Å². The van der Waals surface area contributed by atoms with Crippen molar-refractivity contribution in [2.24, 2.45) is 10.9 Å². The fourth-order valence-corrected chi connectivity index (χ4v) is 1.25. The van der Waals surface area contributed by atoms with E-state index in [1.54, 1.807) is 0 Å². The molecule has 0 aromatic rings. The Bertz CT molecular complexity index is 131. The molecule has 0 aromatic heterocycles. The minimum atomic E-state index is 0.628. The van der Waals surface area contributed by atoms with E-state index in [9.17, 15) is 0 Å². The topological polar surface area (TPSA) is 50.8 Å². The Balaban J connectivity index is 3.09. The van der Waals surface area contributed by atoms with Gasteiger partial charge >= 0.3 is 0 Å². The lowest BCUT2D eigenvalue weighted by Crippen LogP contribution is -2.23. The average Bonchev–Trinajstić information content (AvgIpc) is 2.18. The van der Waals surface area contributed by atoms with Crippen molar-refractivity contribution < 1.29 is 4.84 Å². The van der Waals surface area contributed by atoms with Crippen molar-refractivity contribution in [3.8, 4) is 0 Å². The van der Waals surface area contributed by atoms with Crippen molar-refractivity contribution in [2.75, 3.05) is 33.3 Å². The van der Waals surface area contributed by atoms with Gasteiger partial charge in [0.2, 0.25) is 0 Å². The van der Waals surface area contributed by atoms with E-state index in [1.807, 2.05) is 0 Å². The summed E-state index contributed by atoms with van der Waals surface area (Å²) in [4.78, 5) is 7.05. The maximum absolute atomic E-state index is 5.41. The molecule has 0 aliphatic carbocycles. The molecule has 0 bridgehead atoms. The summed E-state index contributed by atoms with van der Waals surface area (Å²) < 4.78 is 0. The van der Waals surface area contributed by atoms with Crippen LogP contribution in [0.15, 0.2) is 5.16 Å². The van der Waals surface area contributed by atoms with Crippen molar-refractivity contribution in [3.63, 3.8) is 0 Å². The largest absolute Gasteiger partial charge is 0.395 e. The first-order chi connectivity index (χ1) is 6.81. The van der Waals surface area contributed by atoms with Gasteiger partial charge in [0.15, 0.2) is 0 Å². The summed E-state index contributed by atoms with van der Waals surface area (Å²) in [5.74, 6) is 0. The van der Waals surface area contributed by atoms with E-state index >= 15 is 0 Å². The Morgan fingerprint density at radius 2 is 1.93 bits per heavy atom. The van der Waals surface area contributed by atoms with Crippen LogP contribution >= 0.6 is 0 Å². The summed E-state index contributed by atoms with van der Waals surface area (Å²) in [6.45, 7) is 6.72. The third-order valence-corrected chi connectivity index (χ3v) is 2.15. The Morgan fingerprint density at radius 3 is 2.57 bits per heavy atom. The summed E-state index contributed by atoms with van der Waals surface area (Å²) in [7, 11) is 2.09. The van der Waals surface area contributed by atoms with Gasteiger partial charge in [-0.25, -0.2) is 0 Å². The van der Waals surface area contributed by atoms with Crippen LogP contribution in [0.2, 0.25) is 0 Å². The number of likely N-dealkylation sites (N-methyl/N-ethyl adjacent to an activating group) is 1. The number of hydrogen-bond acceptors (Lipinski definition) is 4. The number of nitrogens with zero attached hydrogens (tertiary/aromatic N) is 2. The molecular weight excluding hydrogens is 178 g/mol. The maximum atomic E-state index is 5.41. The van der Waals surface area contributed by atoms with E-state index in [4.69, 9.17) is 10.6 Å². The summed E-state index contributed by atoms with van der Waals surface area (Å²) in [6, 6.07) is 0. The fraction of sp³-hybridized carbons (Fsp3) is 0.900. The monoisotopic (exact) mass is 201 g/mol. The first-order valence-electron chi connectivity index (χ1n) is 5.28. The van der Waals surface area contributed by atoms with E-state index in [0.717, 1.165) is 26.1 Å². The molecule has 0 aliphatic heterocycles. The highest BCUT2D eigenvalue weighted by atomic mass is 16.6. The van der Waals surface area contributed by atoms with Crippen LogP contribution in [-0.2, 0) is 4.84 Å². The zero-order valence-corrected chi connectivity index (χ0v) is 9.24. The Hall–Kier alpha value is -0.610. The van der Waals surface area contributed by atoms with Gasteiger partial charge < -0.3 is 15.5 Å². The first kappa shape index (κ1) is 13.4. The van der Waals surface area contributed by atoms with Gasteiger partial charge in [0.1, 0.15) is 6.61 Å². The van der Waals surface area contributed by atoms with Gasteiger partial charge in [-0.3, -0.25) is 0 Å². The third kappa shape index (κ3) is 9.48. The number of hydrogen-bond donors (Lipinski definition) is 1. The third-order valence-electron chi connectivity index (χ3n) is 2.15. The molecule has 0 unspecified atom stereocenters. The zero-order chi connectivity index (χ0) is 10.6. The van der Waals surface area contributed by atoms with Crippen molar-refractivity contribution in [1.82, 2.24) is 4.90 Å². The van der Waals surface area contributed by atoms with Gasteiger partial charge in [0.05, 0.1) is 0 Å². The molecule has 0 aliphatic rings. The molecule has 0 rings (SSSR count). The quantitative estimate of drug-likeness (QED) is 0.327. The standard InChI is InChI=1S/C10H23N3O/c1-12-14-10-9-13(2)8-6-4-3-5-7-11/h1,3-11H2,2H3. The highest BCUT2D eigenvalue weighted by Gasteiger charge is 1.97. The molecular formula is C10H23N3O. The molecule has 0 saturated carbocycles. The van der Waals surface area contributed by atoms with Crippen LogP contribution in [-0.4, -0.2) is 44.9 Å². The van der Waals surface area contributed by atoms with Crippen LogP contribution in [0.1, 0.15) is 25.7 Å². The minimum Gasteiger partial charge on any atom is -0.395 e. The van der Waals surface area contributed by atoms with E-state index < -0.39 is 0 Å². The molecule has 84 valence electrons. The van der Waals surface area contributed by atoms with E-state index in [2.05, 4.69) is 23.8 Å². The predicted octanol–water partition coefficient (Wildman–Crippen LogP) is 1.07. The molecule has 0 saturated heterocycles. The summed E-state index contributed by atoms with van der Waals surface area (Å²) in [6.07, 6.45) is 4.89. The Labute approximate surface area is 87.1 Å². The molecule has 14 heavy (non-hydrogen) atoms. The minimum absolute atomic E-state index is 0.628. The van der Waals surface area contributed by atoms with E-state index in [1.165, 1.54) is 19.3 Å². The average molecular weight is 201 g/mol. The molecule has 0 amide bonds. The first-order valence-corrected chi connectivity index (χ1v) is 5.28. The summed E-state index contributed by atoms with van der Waals surface area (Å²) in [5.41, 5.74) is 5.41. The summed E-state index contributed by atoms with van der Waals surface area (Å²) >= 11 is 0. The number of oxime groups is 1. The lowest BCUT2D eigenvalue weighted by atomic mass is 10.2. The molecule has 0 aromatic carbocycles. The van der Waals surface area contributed by atoms with Crippen molar-refractivity contribution in [2.45, 2.75) is 25.7 Å². The SMILES string of the molecule is C=NOCCN(C)CCCCCCN. The zero-order valence-electron chi connectivity index (χ0n) is 9.24. The van der Waals surface area contributed by atoms with Gasteiger partial charge in [-0.1, -0.05) is 12.8 Å². The molecule has 0 atom stereocenters. The molecule has 2 N–H and O–H groups in total. The number of rotatable bonds is 10. The molecule has 4 nitrogen and oxygen atoms in total. The van der Waals surface area contributed by atoms with Crippen LogP contribution in [0, 0.1) is 0 Å². The second-order valence-electron chi connectivity index (χ2n) is 3.47. The van der Waals surface area contributed by atoms with Crippen LogP contribution in [0.3, 0.4) is 0 Å². The highest BCUT2D eigenvalue weighted by Crippen LogP contribution is 1.99. The molecule has 4 heteroatoms. The fourth-order valence-electron chi connectivity index (χ4n) is 1.25. The number of nitrogens with two attached hydrogens (primary N) is 1. The molecule has 0 spiro atoms. The van der Waals surface area contributed by atoms with Gasteiger partial charge in [-0.05, 0) is 33.0 Å². The second kappa shape index (κ2) is 10.5. The molecule has 0 radical (unpaired) electrons.